The van der Waals surface area contributed by atoms with E-state index in [4.69, 9.17) is 5.73 Å². The van der Waals surface area contributed by atoms with Gasteiger partial charge in [0.15, 0.2) is 0 Å². The van der Waals surface area contributed by atoms with Gasteiger partial charge in [0, 0.05) is 19.5 Å². The lowest BCUT2D eigenvalue weighted by Crippen LogP contribution is -2.44. The monoisotopic (exact) mass is 229 g/mol. The van der Waals surface area contributed by atoms with Crippen molar-refractivity contribution < 1.29 is 14.7 Å². The van der Waals surface area contributed by atoms with Gasteiger partial charge in [-0.3, -0.25) is 10.1 Å². The highest BCUT2D eigenvalue weighted by Crippen LogP contribution is 2.16. The van der Waals surface area contributed by atoms with Crippen LogP contribution in [0.2, 0.25) is 0 Å². The summed E-state index contributed by atoms with van der Waals surface area (Å²) in [5, 5.41) is 11.7. The predicted octanol–water partition coefficient (Wildman–Crippen LogP) is -0.726. The third kappa shape index (κ3) is 4.16. The van der Waals surface area contributed by atoms with Gasteiger partial charge in [-0.25, -0.2) is 4.79 Å². The zero-order valence-corrected chi connectivity index (χ0v) is 9.48. The van der Waals surface area contributed by atoms with Crippen molar-refractivity contribution in [2.75, 3.05) is 19.6 Å². The van der Waals surface area contributed by atoms with Crippen molar-refractivity contribution in [2.24, 2.45) is 11.7 Å². The maximum Gasteiger partial charge on any atom is 0.318 e. The van der Waals surface area contributed by atoms with Gasteiger partial charge in [-0.15, -0.1) is 0 Å². The molecule has 1 aliphatic rings. The van der Waals surface area contributed by atoms with Crippen LogP contribution in [0.4, 0.5) is 4.79 Å². The van der Waals surface area contributed by atoms with Crippen molar-refractivity contribution in [3.63, 3.8) is 0 Å². The normalized spacial score (nSPS) is 26.4. The summed E-state index contributed by atoms with van der Waals surface area (Å²) in [5.41, 5.74) is 4.82. The standard InChI is InChI=1S/C10H19N3O3/c1-7-2-4-13(6-8(7)14)5-3-9(15)12-10(11)16/h7-8,14H,2-6H2,1H3,(H3,11,12,15,16). The van der Waals surface area contributed by atoms with Gasteiger partial charge >= 0.3 is 6.03 Å². The number of carbonyl (C=O) groups is 2. The van der Waals surface area contributed by atoms with Gasteiger partial charge in [0.1, 0.15) is 0 Å². The maximum atomic E-state index is 11.1. The number of rotatable bonds is 3. The molecular formula is C10H19N3O3. The number of hydrogen-bond acceptors (Lipinski definition) is 4. The Morgan fingerprint density at radius 1 is 1.56 bits per heavy atom. The van der Waals surface area contributed by atoms with E-state index in [-0.39, 0.29) is 18.4 Å². The highest BCUT2D eigenvalue weighted by molar-refractivity contribution is 5.93. The molecule has 0 aromatic rings. The van der Waals surface area contributed by atoms with Crippen LogP contribution >= 0.6 is 0 Å². The Bertz CT molecular complexity index is 270. The molecule has 1 fully saturated rings. The molecule has 0 spiro atoms. The molecule has 1 saturated heterocycles. The lowest BCUT2D eigenvalue weighted by molar-refractivity contribution is -0.120. The molecule has 0 aromatic heterocycles. The summed E-state index contributed by atoms with van der Waals surface area (Å²) in [6, 6.07) is -0.822. The number of primary amides is 1. The molecule has 0 aromatic carbocycles. The van der Waals surface area contributed by atoms with Crippen molar-refractivity contribution in [1.82, 2.24) is 10.2 Å². The van der Waals surface area contributed by atoms with Crippen LogP contribution in [0, 0.1) is 5.92 Å². The second kappa shape index (κ2) is 5.81. The fourth-order valence-electron chi connectivity index (χ4n) is 1.78. The quantitative estimate of drug-likeness (QED) is 0.594. The molecule has 1 heterocycles. The van der Waals surface area contributed by atoms with Gasteiger partial charge in [-0.1, -0.05) is 6.92 Å². The molecule has 1 aliphatic heterocycles. The number of nitrogens with one attached hydrogen (secondary N) is 1. The Morgan fingerprint density at radius 3 is 2.81 bits per heavy atom. The van der Waals surface area contributed by atoms with Crippen molar-refractivity contribution in [3.8, 4) is 0 Å². The van der Waals surface area contributed by atoms with E-state index in [1.807, 2.05) is 17.1 Å². The maximum absolute atomic E-state index is 11.1. The second-order valence-corrected chi connectivity index (χ2v) is 4.30. The average Bonchev–Trinajstić information content (AvgIpc) is 2.19. The van der Waals surface area contributed by atoms with E-state index < -0.39 is 6.03 Å². The number of carbonyl (C=O) groups excluding carboxylic acids is 2. The number of nitrogens with two attached hydrogens (primary N) is 1. The molecule has 1 rings (SSSR count). The Morgan fingerprint density at radius 2 is 2.25 bits per heavy atom. The van der Waals surface area contributed by atoms with Crippen LogP contribution in [0.15, 0.2) is 0 Å². The number of likely N-dealkylation sites (tertiary alicyclic amines) is 1. The van der Waals surface area contributed by atoms with Gasteiger partial charge in [0.25, 0.3) is 0 Å². The van der Waals surface area contributed by atoms with Crippen LogP contribution in [-0.4, -0.2) is 47.7 Å². The summed E-state index contributed by atoms with van der Waals surface area (Å²) in [6.45, 7) is 4.03. The molecule has 92 valence electrons. The molecule has 4 N–H and O–H groups in total. The minimum atomic E-state index is -0.822. The van der Waals surface area contributed by atoms with Gasteiger partial charge in [-0.2, -0.15) is 0 Å². The van der Waals surface area contributed by atoms with E-state index in [2.05, 4.69) is 0 Å². The first-order valence-corrected chi connectivity index (χ1v) is 5.48. The Balaban J connectivity index is 2.23. The number of piperidine rings is 1. The van der Waals surface area contributed by atoms with E-state index in [1.54, 1.807) is 0 Å². The number of aliphatic hydroxyl groups is 1. The zero-order chi connectivity index (χ0) is 12.1. The van der Waals surface area contributed by atoms with Crippen molar-refractivity contribution >= 4 is 11.9 Å². The largest absolute Gasteiger partial charge is 0.392 e. The molecule has 0 radical (unpaired) electrons. The summed E-state index contributed by atoms with van der Waals surface area (Å²) >= 11 is 0. The summed E-state index contributed by atoms with van der Waals surface area (Å²) in [7, 11) is 0. The molecule has 0 aliphatic carbocycles. The third-order valence-corrected chi connectivity index (χ3v) is 2.92. The van der Waals surface area contributed by atoms with E-state index in [9.17, 15) is 14.7 Å². The second-order valence-electron chi connectivity index (χ2n) is 4.30. The molecule has 16 heavy (non-hydrogen) atoms. The number of hydrogen-bond donors (Lipinski definition) is 3. The molecule has 0 bridgehead atoms. The number of nitrogens with zero attached hydrogens (tertiary/aromatic N) is 1. The first kappa shape index (κ1) is 12.9. The fourth-order valence-corrected chi connectivity index (χ4v) is 1.78. The Kier molecular flexibility index (Phi) is 4.70. The van der Waals surface area contributed by atoms with Crippen LogP contribution in [0.5, 0.6) is 0 Å². The van der Waals surface area contributed by atoms with Crippen molar-refractivity contribution in [3.05, 3.63) is 0 Å². The Hall–Kier alpha value is -1.14. The predicted molar refractivity (Wildman–Crippen MR) is 58.6 cm³/mol. The molecule has 2 unspecified atom stereocenters. The smallest absolute Gasteiger partial charge is 0.318 e. The lowest BCUT2D eigenvalue weighted by atomic mass is 9.96. The topological polar surface area (TPSA) is 95.7 Å². The molecule has 0 saturated carbocycles. The molecule has 6 nitrogen and oxygen atoms in total. The van der Waals surface area contributed by atoms with Crippen LogP contribution in [0.1, 0.15) is 19.8 Å². The van der Waals surface area contributed by atoms with Crippen molar-refractivity contribution in [2.45, 2.75) is 25.9 Å². The molecule has 3 amide bonds. The number of imide groups is 1. The van der Waals surface area contributed by atoms with E-state index in [0.29, 0.717) is 19.0 Å². The number of urea groups is 1. The number of β-amino-alcohol motifs (C(OH)–C–C–N with tert-alkyl or cyclic N) is 1. The summed E-state index contributed by atoms with van der Waals surface area (Å²) < 4.78 is 0. The average molecular weight is 229 g/mol. The zero-order valence-electron chi connectivity index (χ0n) is 9.48. The summed E-state index contributed by atoms with van der Waals surface area (Å²) in [4.78, 5) is 23.6. The Labute approximate surface area is 94.8 Å². The van der Waals surface area contributed by atoms with E-state index >= 15 is 0 Å². The van der Waals surface area contributed by atoms with Gasteiger partial charge in [0.05, 0.1) is 6.10 Å². The third-order valence-electron chi connectivity index (χ3n) is 2.92. The van der Waals surface area contributed by atoms with Crippen LogP contribution in [0.25, 0.3) is 0 Å². The van der Waals surface area contributed by atoms with Gasteiger partial charge in [-0.05, 0) is 18.9 Å². The molecule has 6 heteroatoms. The molecular weight excluding hydrogens is 210 g/mol. The highest BCUT2D eigenvalue weighted by atomic mass is 16.3. The van der Waals surface area contributed by atoms with E-state index in [1.165, 1.54) is 0 Å². The lowest BCUT2D eigenvalue weighted by Gasteiger charge is -2.33. The highest BCUT2D eigenvalue weighted by Gasteiger charge is 2.24. The van der Waals surface area contributed by atoms with Gasteiger partial charge < -0.3 is 15.7 Å². The van der Waals surface area contributed by atoms with Crippen LogP contribution < -0.4 is 11.1 Å². The minimum absolute atomic E-state index is 0.226. The molecule has 2 atom stereocenters. The van der Waals surface area contributed by atoms with Crippen LogP contribution in [0.3, 0.4) is 0 Å². The first-order valence-electron chi connectivity index (χ1n) is 5.48. The fraction of sp³-hybridized carbons (Fsp3) is 0.800. The van der Waals surface area contributed by atoms with Crippen LogP contribution in [-0.2, 0) is 4.79 Å². The number of aliphatic hydroxyl groups excluding tert-OH is 1. The summed E-state index contributed by atoms with van der Waals surface area (Å²) in [6.07, 6.45) is 0.829. The van der Waals surface area contributed by atoms with E-state index in [0.717, 1.165) is 13.0 Å². The summed E-state index contributed by atoms with van der Waals surface area (Å²) in [5.74, 6) is -0.0590. The first-order chi connectivity index (χ1) is 7.49. The SMILES string of the molecule is CC1CCN(CCC(=O)NC(N)=O)CC1O. The van der Waals surface area contributed by atoms with Gasteiger partial charge in [0.2, 0.25) is 5.91 Å². The van der Waals surface area contributed by atoms with Crippen molar-refractivity contribution in [1.29, 1.82) is 0 Å². The minimum Gasteiger partial charge on any atom is -0.392 e. The number of amides is 3.